The fourth-order valence-corrected chi connectivity index (χ4v) is 3.30. The molecule has 1 aromatic heterocycles. The summed E-state index contributed by atoms with van der Waals surface area (Å²) in [6.45, 7) is 2.78. The van der Waals surface area contributed by atoms with Gasteiger partial charge in [0.05, 0.1) is 0 Å². The molecule has 96 valence electrons. The van der Waals surface area contributed by atoms with E-state index in [1.807, 2.05) is 17.5 Å². The molecule has 0 aromatic carbocycles. The average Bonchev–Trinajstić information content (AvgIpc) is 2.84. The molecule has 3 nitrogen and oxygen atoms in total. The second-order valence-electron chi connectivity index (χ2n) is 3.97. The lowest BCUT2D eigenvalue weighted by molar-refractivity contribution is -0.122. The first-order chi connectivity index (χ1) is 8.61. The van der Waals surface area contributed by atoms with Crippen molar-refractivity contribution in [2.45, 2.75) is 19.8 Å². The van der Waals surface area contributed by atoms with E-state index < -0.39 is 0 Å². The molecule has 0 spiro atoms. The molecule has 1 aliphatic rings. The standard InChI is InChI=1S/C12H13BrN2OS2/c1-2-3-4-15-11(16)10(14-12(15)17)6-9-5-8(13)7-18-9/h5-7H,2-4H2,1H3,(H,14,17)/b10-6+. The summed E-state index contributed by atoms with van der Waals surface area (Å²) >= 11 is 10.2. The van der Waals surface area contributed by atoms with Crippen molar-refractivity contribution in [3.8, 4) is 0 Å². The van der Waals surface area contributed by atoms with Crippen molar-refractivity contribution < 1.29 is 4.79 Å². The number of nitrogens with one attached hydrogen (secondary N) is 1. The molecule has 2 heterocycles. The van der Waals surface area contributed by atoms with E-state index in [4.69, 9.17) is 12.2 Å². The van der Waals surface area contributed by atoms with Gasteiger partial charge in [-0.1, -0.05) is 13.3 Å². The molecule has 1 aromatic rings. The summed E-state index contributed by atoms with van der Waals surface area (Å²) in [6.07, 6.45) is 3.85. The van der Waals surface area contributed by atoms with E-state index in [2.05, 4.69) is 28.2 Å². The number of carbonyl (C=O) groups is 1. The number of thiophene rings is 1. The summed E-state index contributed by atoms with van der Waals surface area (Å²) < 4.78 is 1.02. The number of carbonyl (C=O) groups excluding carboxylic acids is 1. The Morgan fingerprint density at radius 3 is 3.00 bits per heavy atom. The Balaban J connectivity index is 2.14. The number of thiocarbonyl (C=S) groups is 1. The van der Waals surface area contributed by atoms with Crippen molar-refractivity contribution in [2.75, 3.05) is 6.54 Å². The van der Waals surface area contributed by atoms with Crippen LogP contribution in [-0.4, -0.2) is 22.5 Å². The lowest BCUT2D eigenvalue weighted by Crippen LogP contribution is -2.31. The Bertz CT molecular complexity index is 510. The van der Waals surface area contributed by atoms with Crippen LogP contribution >= 0.6 is 39.5 Å². The van der Waals surface area contributed by atoms with E-state index in [0.717, 1.165) is 22.2 Å². The van der Waals surface area contributed by atoms with Gasteiger partial charge in [0.25, 0.3) is 5.91 Å². The van der Waals surface area contributed by atoms with Gasteiger partial charge in [0.1, 0.15) is 5.70 Å². The van der Waals surface area contributed by atoms with E-state index in [1.165, 1.54) is 0 Å². The molecule has 6 heteroatoms. The second-order valence-corrected chi connectivity index (χ2v) is 6.21. The number of hydrogen-bond acceptors (Lipinski definition) is 3. The van der Waals surface area contributed by atoms with Crippen molar-refractivity contribution in [3.05, 3.63) is 26.5 Å². The van der Waals surface area contributed by atoms with E-state index in [1.54, 1.807) is 16.2 Å². The highest BCUT2D eigenvalue weighted by atomic mass is 79.9. The fourth-order valence-electron chi connectivity index (χ4n) is 1.64. The first-order valence-electron chi connectivity index (χ1n) is 5.70. The summed E-state index contributed by atoms with van der Waals surface area (Å²) in [5, 5.41) is 5.48. The van der Waals surface area contributed by atoms with Crippen LogP contribution in [0.5, 0.6) is 0 Å². The second kappa shape index (κ2) is 5.95. The molecule has 0 atom stereocenters. The van der Waals surface area contributed by atoms with Gasteiger partial charge in [0.2, 0.25) is 0 Å². The molecule has 0 radical (unpaired) electrons. The summed E-state index contributed by atoms with van der Waals surface area (Å²) in [4.78, 5) is 14.8. The maximum atomic E-state index is 12.1. The zero-order valence-electron chi connectivity index (χ0n) is 9.90. The minimum Gasteiger partial charge on any atom is -0.328 e. The fraction of sp³-hybridized carbons (Fsp3) is 0.333. The SMILES string of the molecule is CCCCN1C(=O)/C(=C\c2cc(Br)cs2)NC1=S. The van der Waals surface area contributed by atoms with Crippen LogP contribution < -0.4 is 5.32 Å². The van der Waals surface area contributed by atoms with Gasteiger partial charge in [-0.15, -0.1) is 11.3 Å². The highest BCUT2D eigenvalue weighted by molar-refractivity contribution is 9.10. The van der Waals surface area contributed by atoms with Crippen LogP contribution in [0.4, 0.5) is 0 Å². The van der Waals surface area contributed by atoms with Crippen LogP contribution in [0.3, 0.4) is 0 Å². The molecule has 0 unspecified atom stereocenters. The summed E-state index contributed by atoms with van der Waals surface area (Å²) in [5.41, 5.74) is 0.561. The van der Waals surface area contributed by atoms with Gasteiger partial charge in [-0.3, -0.25) is 9.69 Å². The first kappa shape index (κ1) is 13.7. The predicted octanol–water partition coefficient (Wildman–Crippen LogP) is 3.37. The molecule has 0 bridgehead atoms. The third-order valence-corrected chi connectivity index (χ3v) is 4.53. The molecule has 1 amide bonds. The molecule has 1 saturated heterocycles. The molecule has 0 aliphatic carbocycles. The van der Waals surface area contributed by atoms with E-state index in [9.17, 15) is 4.79 Å². The molecule has 1 N–H and O–H groups in total. The monoisotopic (exact) mass is 344 g/mol. The average molecular weight is 345 g/mol. The zero-order valence-corrected chi connectivity index (χ0v) is 13.1. The topological polar surface area (TPSA) is 32.3 Å². The Kier molecular flexibility index (Phi) is 4.53. The Hall–Kier alpha value is -0.720. The smallest absolute Gasteiger partial charge is 0.276 e. The van der Waals surface area contributed by atoms with Crippen molar-refractivity contribution >= 4 is 56.6 Å². The predicted molar refractivity (Wildman–Crippen MR) is 82.4 cm³/mol. The first-order valence-corrected chi connectivity index (χ1v) is 7.78. The highest BCUT2D eigenvalue weighted by Gasteiger charge is 2.29. The third-order valence-electron chi connectivity index (χ3n) is 2.57. The van der Waals surface area contributed by atoms with E-state index in [0.29, 0.717) is 17.4 Å². The van der Waals surface area contributed by atoms with E-state index >= 15 is 0 Å². The minimum atomic E-state index is -0.0297. The van der Waals surface area contributed by atoms with Crippen molar-refractivity contribution in [2.24, 2.45) is 0 Å². The van der Waals surface area contributed by atoms with Crippen molar-refractivity contribution in [3.63, 3.8) is 0 Å². The van der Waals surface area contributed by atoms with Crippen LogP contribution in [0, 0.1) is 0 Å². The van der Waals surface area contributed by atoms with Crippen LogP contribution in [0.1, 0.15) is 24.6 Å². The van der Waals surface area contributed by atoms with Crippen LogP contribution in [0.25, 0.3) is 6.08 Å². The van der Waals surface area contributed by atoms with E-state index in [-0.39, 0.29) is 5.91 Å². The van der Waals surface area contributed by atoms with Crippen LogP contribution in [-0.2, 0) is 4.79 Å². The lowest BCUT2D eigenvalue weighted by Gasteiger charge is -2.12. The minimum absolute atomic E-state index is 0.0297. The number of amides is 1. The largest absolute Gasteiger partial charge is 0.328 e. The Morgan fingerprint density at radius 2 is 2.39 bits per heavy atom. The van der Waals surface area contributed by atoms with Gasteiger partial charge in [0.15, 0.2) is 5.11 Å². The van der Waals surface area contributed by atoms with Gasteiger partial charge >= 0.3 is 0 Å². The van der Waals surface area contributed by atoms with Gasteiger partial charge in [0, 0.05) is 21.3 Å². The van der Waals surface area contributed by atoms with Crippen molar-refractivity contribution in [1.29, 1.82) is 0 Å². The Labute approximate surface area is 124 Å². The zero-order chi connectivity index (χ0) is 13.1. The molecular formula is C12H13BrN2OS2. The number of halogens is 1. The molecule has 0 saturated carbocycles. The molecular weight excluding hydrogens is 332 g/mol. The molecule has 1 fully saturated rings. The molecule has 1 aliphatic heterocycles. The van der Waals surface area contributed by atoms with Crippen molar-refractivity contribution in [1.82, 2.24) is 10.2 Å². The van der Waals surface area contributed by atoms with Gasteiger partial charge in [-0.25, -0.2) is 0 Å². The molecule has 18 heavy (non-hydrogen) atoms. The normalized spacial score (nSPS) is 17.7. The van der Waals surface area contributed by atoms with Gasteiger partial charge in [-0.2, -0.15) is 0 Å². The summed E-state index contributed by atoms with van der Waals surface area (Å²) in [5.74, 6) is -0.0297. The van der Waals surface area contributed by atoms with Gasteiger partial charge in [-0.05, 0) is 46.7 Å². The molecule has 2 rings (SSSR count). The summed E-state index contributed by atoms with van der Waals surface area (Å²) in [6, 6.07) is 1.98. The maximum absolute atomic E-state index is 12.1. The lowest BCUT2D eigenvalue weighted by atomic mass is 10.3. The van der Waals surface area contributed by atoms with Crippen LogP contribution in [0.15, 0.2) is 21.6 Å². The maximum Gasteiger partial charge on any atom is 0.276 e. The highest BCUT2D eigenvalue weighted by Crippen LogP contribution is 2.23. The quantitative estimate of drug-likeness (QED) is 0.671. The Morgan fingerprint density at radius 1 is 1.61 bits per heavy atom. The summed E-state index contributed by atoms with van der Waals surface area (Å²) in [7, 11) is 0. The number of hydrogen-bond donors (Lipinski definition) is 1. The van der Waals surface area contributed by atoms with Crippen LogP contribution in [0.2, 0.25) is 0 Å². The van der Waals surface area contributed by atoms with Gasteiger partial charge < -0.3 is 5.32 Å². The number of rotatable bonds is 4. The number of unbranched alkanes of at least 4 members (excludes halogenated alkanes) is 1. The third kappa shape index (κ3) is 2.99. The number of nitrogens with zero attached hydrogens (tertiary/aromatic N) is 1.